The fourth-order valence-corrected chi connectivity index (χ4v) is 3.74. The largest absolute Gasteiger partial charge is 0.480 e. The van der Waals surface area contributed by atoms with E-state index in [-0.39, 0.29) is 11.5 Å². The lowest BCUT2D eigenvalue weighted by Crippen LogP contribution is -2.25. The Balaban J connectivity index is 1.57. The maximum atomic E-state index is 6.01. The van der Waals surface area contributed by atoms with Crippen molar-refractivity contribution >= 4 is 11.8 Å². The van der Waals surface area contributed by atoms with Crippen LogP contribution >= 0.6 is 11.8 Å². The molecule has 0 amide bonds. The van der Waals surface area contributed by atoms with Crippen LogP contribution in [0.5, 0.6) is 5.75 Å². The quantitative estimate of drug-likeness (QED) is 0.920. The summed E-state index contributed by atoms with van der Waals surface area (Å²) in [6, 6.07) is 8.06. The van der Waals surface area contributed by atoms with Gasteiger partial charge in [0, 0.05) is 17.2 Å². The van der Waals surface area contributed by atoms with Gasteiger partial charge in [-0.05, 0) is 32.0 Å². The fraction of sp³-hybridized carbons (Fsp3) is 0.467. The zero-order valence-corrected chi connectivity index (χ0v) is 12.7. The molecule has 3 heterocycles. The van der Waals surface area contributed by atoms with E-state index in [1.807, 2.05) is 18.2 Å². The number of rotatable bonds is 2. The number of hydrogen-bond acceptors (Lipinski definition) is 6. The van der Waals surface area contributed by atoms with Crippen LogP contribution in [0.4, 0.5) is 0 Å². The first-order valence-corrected chi connectivity index (χ1v) is 8.16. The number of thioether (sulfide) groups is 1. The lowest BCUT2D eigenvalue weighted by atomic mass is 9.90. The predicted octanol–water partition coefficient (Wildman–Crippen LogP) is 2.55. The van der Waals surface area contributed by atoms with E-state index in [2.05, 4.69) is 28.4 Å². The number of hydrogen-bond donors (Lipinski definition) is 1. The molecule has 1 fully saturated rings. The van der Waals surface area contributed by atoms with Gasteiger partial charge in [-0.1, -0.05) is 17.3 Å². The number of nitrogens with zero attached hydrogens (tertiary/aromatic N) is 2. The molecule has 110 valence electrons. The van der Waals surface area contributed by atoms with Crippen LogP contribution in [0.2, 0.25) is 0 Å². The first-order valence-electron chi connectivity index (χ1n) is 7.18. The van der Waals surface area contributed by atoms with Crippen molar-refractivity contribution < 1.29 is 9.26 Å². The van der Waals surface area contributed by atoms with Crippen molar-refractivity contribution in [3.63, 3.8) is 0 Å². The lowest BCUT2D eigenvalue weighted by Gasteiger charge is -2.23. The van der Waals surface area contributed by atoms with Crippen LogP contribution in [0, 0.1) is 0 Å². The molecular formula is C15H17N3O2S. The van der Waals surface area contributed by atoms with Crippen LogP contribution < -0.4 is 10.1 Å². The molecule has 0 aliphatic carbocycles. The third-order valence-corrected chi connectivity index (χ3v) is 5.24. The highest BCUT2D eigenvalue weighted by molar-refractivity contribution is 7.99. The summed E-state index contributed by atoms with van der Waals surface area (Å²) in [5.74, 6) is 3.08. The van der Waals surface area contributed by atoms with E-state index in [1.54, 1.807) is 11.8 Å². The van der Waals surface area contributed by atoms with Gasteiger partial charge in [0.15, 0.2) is 6.10 Å². The highest BCUT2D eigenvalue weighted by Gasteiger charge is 2.37. The highest BCUT2D eigenvalue weighted by Crippen LogP contribution is 2.40. The Morgan fingerprint density at radius 3 is 3.14 bits per heavy atom. The molecule has 4 rings (SSSR count). The second-order valence-corrected chi connectivity index (χ2v) is 6.87. The average Bonchev–Trinajstić information content (AvgIpc) is 3.17. The maximum absolute atomic E-state index is 6.01. The van der Waals surface area contributed by atoms with Crippen molar-refractivity contribution in [3.05, 3.63) is 36.0 Å². The molecule has 5 nitrogen and oxygen atoms in total. The lowest BCUT2D eigenvalue weighted by molar-refractivity contribution is 0.204. The molecule has 2 aliphatic rings. The molecule has 0 spiro atoms. The van der Waals surface area contributed by atoms with Gasteiger partial charge in [0.25, 0.3) is 0 Å². The van der Waals surface area contributed by atoms with E-state index in [4.69, 9.17) is 9.26 Å². The van der Waals surface area contributed by atoms with Gasteiger partial charge in [0.05, 0.1) is 5.41 Å². The summed E-state index contributed by atoms with van der Waals surface area (Å²) < 4.78 is 11.5. The number of para-hydroxylation sites is 1. The SMILES string of the molecule is CC1(c2nc(C3CSc4ccccc4O3)no2)CCNC1. The molecule has 1 aromatic heterocycles. The van der Waals surface area contributed by atoms with Crippen LogP contribution in [0.1, 0.15) is 31.2 Å². The predicted molar refractivity (Wildman–Crippen MR) is 79.7 cm³/mol. The number of ether oxygens (including phenoxy) is 1. The Morgan fingerprint density at radius 2 is 2.29 bits per heavy atom. The van der Waals surface area contributed by atoms with Crippen LogP contribution in [-0.4, -0.2) is 29.0 Å². The Hall–Kier alpha value is -1.53. The zero-order valence-electron chi connectivity index (χ0n) is 11.8. The first-order chi connectivity index (χ1) is 10.2. The van der Waals surface area contributed by atoms with E-state index in [0.717, 1.165) is 36.9 Å². The minimum Gasteiger partial charge on any atom is -0.480 e. The minimum atomic E-state index is -0.139. The Labute approximate surface area is 127 Å². The van der Waals surface area contributed by atoms with Gasteiger partial charge in [-0.15, -0.1) is 11.8 Å². The van der Waals surface area contributed by atoms with Crippen LogP contribution in [0.25, 0.3) is 0 Å². The van der Waals surface area contributed by atoms with Gasteiger partial charge in [-0.25, -0.2) is 0 Å². The topological polar surface area (TPSA) is 60.2 Å². The van der Waals surface area contributed by atoms with Crippen LogP contribution in [-0.2, 0) is 5.41 Å². The molecule has 21 heavy (non-hydrogen) atoms. The summed E-state index contributed by atoms with van der Waals surface area (Å²) in [6.45, 7) is 4.05. The molecule has 1 saturated heterocycles. The molecular weight excluding hydrogens is 286 g/mol. The van der Waals surface area contributed by atoms with Gasteiger partial charge in [-0.2, -0.15) is 4.98 Å². The third-order valence-electron chi connectivity index (χ3n) is 4.12. The van der Waals surface area contributed by atoms with Crippen molar-refractivity contribution in [1.82, 2.24) is 15.5 Å². The van der Waals surface area contributed by atoms with Crippen molar-refractivity contribution in [2.24, 2.45) is 0 Å². The molecule has 1 N–H and O–H groups in total. The molecule has 2 atom stereocenters. The van der Waals surface area contributed by atoms with Gasteiger partial charge in [0.2, 0.25) is 11.7 Å². The number of fused-ring (bicyclic) bond motifs is 1. The van der Waals surface area contributed by atoms with E-state index in [1.165, 1.54) is 4.90 Å². The van der Waals surface area contributed by atoms with Crippen LogP contribution in [0.3, 0.4) is 0 Å². The number of aromatic nitrogens is 2. The first kappa shape index (κ1) is 13.2. The number of nitrogens with one attached hydrogen (secondary N) is 1. The molecule has 2 aliphatic heterocycles. The van der Waals surface area contributed by atoms with E-state index in [9.17, 15) is 0 Å². The molecule has 0 bridgehead atoms. The van der Waals surface area contributed by atoms with Crippen molar-refractivity contribution in [2.45, 2.75) is 29.8 Å². The molecule has 1 aromatic carbocycles. The summed E-state index contributed by atoms with van der Waals surface area (Å²) in [7, 11) is 0. The van der Waals surface area contributed by atoms with Crippen LogP contribution in [0.15, 0.2) is 33.7 Å². The van der Waals surface area contributed by atoms with Crippen molar-refractivity contribution in [3.8, 4) is 5.75 Å². The summed E-state index contributed by atoms with van der Waals surface area (Å²) in [4.78, 5) is 5.78. The van der Waals surface area contributed by atoms with Gasteiger partial charge in [-0.3, -0.25) is 0 Å². The fourth-order valence-electron chi connectivity index (χ4n) is 2.76. The Bertz CT molecular complexity index is 652. The smallest absolute Gasteiger partial charge is 0.234 e. The molecule has 6 heteroatoms. The van der Waals surface area contributed by atoms with Crippen molar-refractivity contribution in [2.75, 3.05) is 18.8 Å². The Kier molecular flexibility index (Phi) is 3.15. The van der Waals surface area contributed by atoms with E-state index < -0.39 is 0 Å². The summed E-state index contributed by atoms with van der Waals surface area (Å²) >= 11 is 1.77. The molecule has 2 aromatic rings. The second kappa shape index (κ2) is 5.03. The molecule has 2 unspecified atom stereocenters. The van der Waals surface area contributed by atoms with Crippen molar-refractivity contribution in [1.29, 1.82) is 0 Å². The standard InChI is InChI=1S/C15H17N3O2S/c1-15(6-7-16-9-15)14-17-13(18-20-14)11-8-21-12-5-3-2-4-10(12)19-11/h2-5,11,16H,6-9H2,1H3. The Morgan fingerprint density at radius 1 is 1.38 bits per heavy atom. The zero-order chi connectivity index (χ0) is 14.3. The molecule has 0 radical (unpaired) electrons. The van der Waals surface area contributed by atoms with Gasteiger partial charge >= 0.3 is 0 Å². The summed E-state index contributed by atoms with van der Waals surface area (Å²) in [6.07, 6.45) is 0.887. The summed E-state index contributed by atoms with van der Waals surface area (Å²) in [5.41, 5.74) is -0.0506. The highest BCUT2D eigenvalue weighted by atomic mass is 32.2. The van der Waals surface area contributed by atoms with E-state index >= 15 is 0 Å². The average molecular weight is 303 g/mol. The van der Waals surface area contributed by atoms with Gasteiger partial charge < -0.3 is 14.6 Å². The third kappa shape index (κ3) is 2.32. The van der Waals surface area contributed by atoms with Gasteiger partial charge in [0.1, 0.15) is 5.75 Å². The molecule has 0 saturated carbocycles. The minimum absolute atomic E-state index is 0.0506. The summed E-state index contributed by atoms with van der Waals surface area (Å²) in [5, 5.41) is 7.50. The van der Waals surface area contributed by atoms with E-state index in [0.29, 0.717) is 5.82 Å². The monoisotopic (exact) mass is 303 g/mol. The number of benzene rings is 1. The normalized spacial score (nSPS) is 28.1. The maximum Gasteiger partial charge on any atom is 0.234 e. The second-order valence-electron chi connectivity index (χ2n) is 5.81.